The van der Waals surface area contributed by atoms with E-state index in [0.717, 1.165) is 18.2 Å². The standard InChI is InChI=1S/C18H14FNO/c19-14-5-6-15-16(10-20-17(15)9-14)18(21)13-7-11-3-1-2-4-12(11)8-13/h1-6,9-10,13,20H,7-8H2. The number of aromatic amines is 1. The number of Topliss-reactive ketones (excluding diaryl/α,β-unsaturated/α-hetero) is 1. The zero-order valence-corrected chi connectivity index (χ0v) is 11.4. The lowest BCUT2D eigenvalue weighted by Gasteiger charge is -2.06. The normalized spacial score (nSPS) is 14.5. The van der Waals surface area contributed by atoms with Gasteiger partial charge in [-0.2, -0.15) is 0 Å². The fourth-order valence-electron chi connectivity index (χ4n) is 3.27. The van der Waals surface area contributed by atoms with Crippen LogP contribution in [0.1, 0.15) is 21.5 Å². The van der Waals surface area contributed by atoms with Crippen molar-refractivity contribution >= 4 is 16.7 Å². The van der Waals surface area contributed by atoms with Crippen LogP contribution in [0.5, 0.6) is 0 Å². The molecule has 104 valence electrons. The van der Waals surface area contributed by atoms with Gasteiger partial charge in [-0.1, -0.05) is 24.3 Å². The van der Waals surface area contributed by atoms with Crippen molar-refractivity contribution in [2.24, 2.45) is 5.92 Å². The number of fused-ring (bicyclic) bond motifs is 2. The predicted molar refractivity (Wildman–Crippen MR) is 79.9 cm³/mol. The molecule has 0 saturated heterocycles. The Bertz CT molecular complexity index is 824. The van der Waals surface area contributed by atoms with Gasteiger partial charge in [-0.15, -0.1) is 0 Å². The van der Waals surface area contributed by atoms with E-state index in [1.54, 1.807) is 12.3 Å². The fraction of sp³-hybridized carbons (Fsp3) is 0.167. The maximum absolute atomic E-state index is 13.2. The number of H-pyrrole nitrogens is 1. The minimum atomic E-state index is -0.295. The Morgan fingerprint density at radius 3 is 2.52 bits per heavy atom. The topological polar surface area (TPSA) is 32.9 Å². The molecular weight excluding hydrogens is 265 g/mol. The highest BCUT2D eigenvalue weighted by Gasteiger charge is 2.29. The van der Waals surface area contributed by atoms with Crippen LogP contribution in [0, 0.1) is 11.7 Å². The van der Waals surface area contributed by atoms with Crippen molar-refractivity contribution in [2.75, 3.05) is 0 Å². The number of benzene rings is 2. The Balaban J connectivity index is 1.69. The number of carbonyl (C=O) groups excluding carboxylic acids is 1. The van der Waals surface area contributed by atoms with Crippen LogP contribution >= 0.6 is 0 Å². The number of halogens is 1. The molecule has 21 heavy (non-hydrogen) atoms. The third-order valence-corrected chi connectivity index (χ3v) is 4.33. The van der Waals surface area contributed by atoms with Crippen LogP contribution in [0.4, 0.5) is 4.39 Å². The van der Waals surface area contributed by atoms with Gasteiger partial charge in [-0.25, -0.2) is 4.39 Å². The lowest BCUT2D eigenvalue weighted by Crippen LogP contribution is -2.14. The van der Waals surface area contributed by atoms with Crippen LogP contribution < -0.4 is 0 Å². The molecule has 2 nitrogen and oxygen atoms in total. The maximum atomic E-state index is 13.2. The molecule has 0 bridgehead atoms. The van der Waals surface area contributed by atoms with Crippen LogP contribution in [-0.4, -0.2) is 10.8 Å². The minimum absolute atomic E-state index is 0.00791. The zero-order chi connectivity index (χ0) is 14.4. The summed E-state index contributed by atoms with van der Waals surface area (Å²) in [7, 11) is 0. The first-order valence-corrected chi connectivity index (χ1v) is 7.10. The first-order chi connectivity index (χ1) is 10.2. The third kappa shape index (κ3) is 1.97. The number of rotatable bonds is 2. The Hall–Kier alpha value is -2.42. The first-order valence-electron chi connectivity index (χ1n) is 7.10. The number of ketones is 1. The average molecular weight is 279 g/mol. The van der Waals surface area contributed by atoms with Crippen LogP contribution in [0.25, 0.3) is 10.9 Å². The summed E-state index contributed by atoms with van der Waals surface area (Å²) in [6.07, 6.45) is 3.29. The Morgan fingerprint density at radius 1 is 1.10 bits per heavy atom. The van der Waals surface area contributed by atoms with Gasteiger partial charge in [0.1, 0.15) is 5.82 Å². The van der Waals surface area contributed by atoms with Gasteiger partial charge in [0.2, 0.25) is 0 Å². The molecule has 0 amide bonds. The molecule has 3 heteroatoms. The van der Waals surface area contributed by atoms with E-state index in [1.165, 1.54) is 23.3 Å². The van der Waals surface area contributed by atoms with Gasteiger partial charge in [0.15, 0.2) is 5.78 Å². The number of aromatic nitrogens is 1. The zero-order valence-electron chi connectivity index (χ0n) is 11.4. The van der Waals surface area contributed by atoms with Crippen LogP contribution in [0.3, 0.4) is 0 Å². The SMILES string of the molecule is O=C(c1c[nH]c2cc(F)ccc12)C1Cc2ccccc2C1. The highest BCUT2D eigenvalue weighted by atomic mass is 19.1. The largest absolute Gasteiger partial charge is 0.360 e. The summed E-state index contributed by atoms with van der Waals surface area (Å²) < 4.78 is 13.2. The average Bonchev–Trinajstić information content (AvgIpc) is 3.09. The van der Waals surface area contributed by atoms with E-state index in [9.17, 15) is 9.18 Å². The van der Waals surface area contributed by atoms with Gasteiger partial charge in [0, 0.05) is 28.6 Å². The van der Waals surface area contributed by atoms with Gasteiger partial charge >= 0.3 is 0 Å². The van der Waals surface area contributed by atoms with E-state index in [2.05, 4.69) is 17.1 Å². The molecule has 0 fully saturated rings. The van der Waals surface area contributed by atoms with Crippen molar-refractivity contribution in [3.05, 3.63) is 71.2 Å². The van der Waals surface area contributed by atoms with Crippen molar-refractivity contribution in [1.29, 1.82) is 0 Å². The molecule has 0 saturated carbocycles. The molecule has 1 heterocycles. The fourth-order valence-corrected chi connectivity index (χ4v) is 3.27. The predicted octanol–water partition coefficient (Wildman–Crippen LogP) is 3.90. The molecule has 0 aliphatic heterocycles. The lowest BCUT2D eigenvalue weighted by atomic mass is 9.95. The molecule has 1 aromatic heterocycles. The van der Waals surface area contributed by atoms with Crippen molar-refractivity contribution in [2.45, 2.75) is 12.8 Å². The van der Waals surface area contributed by atoms with E-state index in [0.29, 0.717) is 11.1 Å². The second-order valence-electron chi connectivity index (χ2n) is 5.63. The molecule has 4 rings (SSSR count). The monoisotopic (exact) mass is 279 g/mol. The number of hydrogen-bond donors (Lipinski definition) is 1. The second kappa shape index (κ2) is 4.55. The van der Waals surface area contributed by atoms with Crippen LogP contribution in [0.15, 0.2) is 48.7 Å². The molecule has 0 unspecified atom stereocenters. The molecule has 3 aromatic rings. The molecule has 0 radical (unpaired) electrons. The van der Waals surface area contributed by atoms with Crippen LogP contribution in [-0.2, 0) is 12.8 Å². The third-order valence-electron chi connectivity index (χ3n) is 4.33. The van der Waals surface area contributed by atoms with E-state index >= 15 is 0 Å². The number of carbonyl (C=O) groups is 1. The summed E-state index contributed by atoms with van der Waals surface area (Å²) in [6, 6.07) is 12.7. The van der Waals surface area contributed by atoms with Gasteiger partial charge in [0.05, 0.1) is 0 Å². The molecule has 1 aliphatic rings. The molecule has 1 N–H and O–H groups in total. The molecule has 0 spiro atoms. The molecular formula is C18H14FNO. The van der Waals surface area contributed by atoms with Gasteiger partial charge in [-0.05, 0) is 42.2 Å². The van der Waals surface area contributed by atoms with Gasteiger partial charge in [-0.3, -0.25) is 4.79 Å². The summed E-state index contributed by atoms with van der Waals surface area (Å²) >= 11 is 0. The summed E-state index contributed by atoms with van der Waals surface area (Å²) in [5, 5.41) is 0.803. The smallest absolute Gasteiger partial charge is 0.168 e. The van der Waals surface area contributed by atoms with Crippen molar-refractivity contribution < 1.29 is 9.18 Å². The Labute approximate surface area is 121 Å². The first kappa shape index (κ1) is 12.3. The van der Waals surface area contributed by atoms with E-state index < -0.39 is 0 Å². The highest BCUT2D eigenvalue weighted by Crippen LogP contribution is 2.31. The quantitative estimate of drug-likeness (QED) is 0.709. The molecule has 0 atom stereocenters. The summed E-state index contributed by atoms with van der Waals surface area (Å²) in [4.78, 5) is 15.8. The van der Waals surface area contributed by atoms with Gasteiger partial charge < -0.3 is 4.98 Å². The second-order valence-corrected chi connectivity index (χ2v) is 5.63. The lowest BCUT2D eigenvalue weighted by molar-refractivity contribution is 0.0926. The molecule has 2 aromatic carbocycles. The maximum Gasteiger partial charge on any atom is 0.168 e. The summed E-state index contributed by atoms with van der Waals surface area (Å²) in [5.74, 6) is -0.160. The molecule has 1 aliphatic carbocycles. The highest BCUT2D eigenvalue weighted by molar-refractivity contribution is 6.09. The van der Waals surface area contributed by atoms with Crippen LogP contribution in [0.2, 0.25) is 0 Å². The van der Waals surface area contributed by atoms with Crippen molar-refractivity contribution in [3.63, 3.8) is 0 Å². The van der Waals surface area contributed by atoms with E-state index in [-0.39, 0.29) is 17.5 Å². The van der Waals surface area contributed by atoms with E-state index in [4.69, 9.17) is 0 Å². The summed E-state index contributed by atoms with van der Waals surface area (Å²) in [5.41, 5.74) is 3.88. The van der Waals surface area contributed by atoms with Crippen molar-refractivity contribution in [3.8, 4) is 0 Å². The number of hydrogen-bond acceptors (Lipinski definition) is 1. The Kier molecular flexibility index (Phi) is 2.67. The number of nitrogens with one attached hydrogen (secondary N) is 1. The minimum Gasteiger partial charge on any atom is -0.360 e. The van der Waals surface area contributed by atoms with Gasteiger partial charge in [0.25, 0.3) is 0 Å². The van der Waals surface area contributed by atoms with E-state index in [1.807, 2.05) is 12.1 Å². The van der Waals surface area contributed by atoms with Crippen molar-refractivity contribution in [1.82, 2.24) is 4.98 Å². The summed E-state index contributed by atoms with van der Waals surface area (Å²) in [6.45, 7) is 0. The Morgan fingerprint density at radius 2 is 1.81 bits per heavy atom.